The molecule has 3 rings (SSSR count). The number of nitrogens with zero attached hydrogens (tertiary/aromatic N) is 2. The van der Waals surface area contributed by atoms with Gasteiger partial charge in [-0.05, 0) is 30.7 Å². The molecule has 138 valence electrons. The standard InChI is InChI=1S/C18H21N3O5/c1-19-17(22)12-7-8-21(9-12)18(23)15-10-26-16(20-15)11-25-14-5-3-13(24-2)4-6-14/h3-6,10,12H,7-9,11H2,1-2H3,(H,19,22)/t12-/m0/s1. The molecular weight excluding hydrogens is 338 g/mol. The van der Waals surface area contributed by atoms with E-state index in [4.69, 9.17) is 13.9 Å². The van der Waals surface area contributed by atoms with Crippen molar-refractivity contribution in [1.29, 1.82) is 0 Å². The topological polar surface area (TPSA) is 93.9 Å². The monoisotopic (exact) mass is 359 g/mol. The van der Waals surface area contributed by atoms with E-state index in [1.807, 2.05) is 0 Å². The number of methoxy groups -OCH3 is 1. The van der Waals surface area contributed by atoms with E-state index in [0.717, 1.165) is 5.75 Å². The summed E-state index contributed by atoms with van der Waals surface area (Å²) in [7, 11) is 3.19. The Bertz CT molecular complexity index is 771. The first-order valence-corrected chi connectivity index (χ1v) is 8.33. The van der Waals surface area contributed by atoms with E-state index in [1.54, 1.807) is 43.3 Å². The molecular formula is C18H21N3O5. The molecule has 2 heterocycles. The molecule has 1 fully saturated rings. The number of ether oxygens (including phenoxy) is 2. The highest BCUT2D eigenvalue weighted by Crippen LogP contribution is 2.20. The minimum atomic E-state index is -0.240. The summed E-state index contributed by atoms with van der Waals surface area (Å²) in [6, 6.07) is 7.13. The Balaban J connectivity index is 1.55. The minimum Gasteiger partial charge on any atom is -0.497 e. The Morgan fingerprint density at radius 1 is 1.31 bits per heavy atom. The third-order valence-electron chi connectivity index (χ3n) is 4.29. The van der Waals surface area contributed by atoms with Crippen molar-refractivity contribution in [3.05, 3.63) is 42.1 Å². The fraction of sp³-hybridized carbons (Fsp3) is 0.389. The molecule has 8 nitrogen and oxygen atoms in total. The van der Waals surface area contributed by atoms with Gasteiger partial charge in [0.2, 0.25) is 11.8 Å². The number of amides is 2. The number of carbonyl (C=O) groups excluding carboxylic acids is 2. The second-order valence-corrected chi connectivity index (χ2v) is 5.94. The molecule has 2 aromatic rings. The molecule has 1 N–H and O–H groups in total. The second kappa shape index (κ2) is 7.90. The fourth-order valence-electron chi connectivity index (χ4n) is 2.82. The van der Waals surface area contributed by atoms with Crippen LogP contribution in [0.25, 0.3) is 0 Å². The lowest BCUT2D eigenvalue weighted by atomic mass is 10.1. The molecule has 1 aromatic heterocycles. The van der Waals surface area contributed by atoms with E-state index in [9.17, 15) is 9.59 Å². The number of oxazole rings is 1. The van der Waals surface area contributed by atoms with E-state index >= 15 is 0 Å². The van der Waals surface area contributed by atoms with E-state index in [-0.39, 0.29) is 30.0 Å². The van der Waals surface area contributed by atoms with Crippen LogP contribution in [0, 0.1) is 5.92 Å². The molecule has 1 aliphatic rings. The summed E-state index contributed by atoms with van der Waals surface area (Å²) in [6.45, 7) is 1.03. The van der Waals surface area contributed by atoms with Gasteiger partial charge in [0.15, 0.2) is 12.3 Å². The van der Waals surface area contributed by atoms with Gasteiger partial charge >= 0.3 is 0 Å². The zero-order valence-corrected chi connectivity index (χ0v) is 14.7. The zero-order valence-electron chi connectivity index (χ0n) is 14.7. The highest BCUT2D eigenvalue weighted by atomic mass is 16.5. The van der Waals surface area contributed by atoms with Crippen molar-refractivity contribution < 1.29 is 23.5 Å². The molecule has 0 aliphatic carbocycles. The van der Waals surface area contributed by atoms with Gasteiger partial charge in [-0.1, -0.05) is 0 Å². The van der Waals surface area contributed by atoms with Crippen LogP contribution in [-0.4, -0.2) is 48.9 Å². The van der Waals surface area contributed by atoms with Gasteiger partial charge < -0.3 is 24.1 Å². The molecule has 0 unspecified atom stereocenters. The normalized spacial score (nSPS) is 16.4. The average Bonchev–Trinajstić information content (AvgIpc) is 3.35. The quantitative estimate of drug-likeness (QED) is 0.839. The molecule has 2 amide bonds. The Hall–Kier alpha value is -3.03. The third kappa shape index (κ3) is 3.96. The Kier molecular flexibility index (Phi) is 5.40. The third-order valence-corrected chi connectivity index (χ3v) is 4.29. The van der Waals surface area contributed by atoms with Crippen LogP contribution >= 0.6 is 0 Å². The largest absolute Gasteiger partial charge is 0.497 e. The van der Waals surface area contributed by atoms with Crippen molar-refractivity contribution in [3.8, 4) is 11.5 Å². The minimum absolute atomic E-state index is 0.0472. The van der Waals surface area contributed by atoms with Crippen molar-refractivity contribution in [2.45, 2.75) is 13.0 Å². The Labute approximate surface area is 151 Å². The lowest BCUT2D eigenvalue weighted by molar-refractivity contribution is -0.124. The van der Waals surface area contributed by atoms with Crippen LogP contribution in [0.2, 0.25) is 0 Å². The van der Waals surface area contributed by atoms with Crippen molar-refractivity contribution >= 4 is 11.8 Å². The van der Waals surface area contributed by atoms with Crippen LogP contribution in [-0.2, 0) is 11.4 Å². The van der Waals surface area contributed by atoms with E-state index in [2.05, 4.69) is 10.3 Å². The Morgan fingerprint density at radius 2 is 2.04 bits per heavy atom. The van der Waals surface area contributed by atoms with Gasteiger partial charge in [0.1, 0.15) is 17.8 Å². The summed E-state index contributed by atoms with van der Waals surface area (Å²) in [4.78, 5) is 30.0. The summed E-state index contributed by atoms with van der Waals surface area (Å²) in [5.74, 6) is 1.23. The van der Waals surface area contributed by atoms with Crippen LogP contribution < -0.4 is 14.8 Å². The van der Waals surface area contributed by atoms with E-state index in [1.165, 1.54) is 6.26 Å². The molecule has 1 aliphatic heterocycles. The zero-order chi connectivity index (χ0) is 18.5. The first-order chi connectivity index (χ1) is 12.6. The van der Waals surface area contributed by atoms with E-state index < -0.39 is 0 Å². The molecule has 26 heavy (non-hydrogen) atoms. The average molecular weight is 359 g/mol. The summed E-state index contributed by atoms with van der Waals surface area (Å²) >= 11 is 0. The number of hydrogen-bond acceptors (Lipinski definition) is 6. The first-order valence-electron chi connectivity index (χ1n) is 8.33. The number of aromatic nitrogens is 1. The predicted molar refractivity (Wildman–Crippen MR) is 91.9 cm³/mol. The number of rotatable bonds is 6. The number of nitrogens with one attached hydrogen (secondary N) is 1. The SMILES string of the molecule is CNC(=O)[C@H]1CCN(C(=O)c2coc(COc3ccc(OC)cc3)n2)C1. The van der Waals surface area contributed by atoms with Gasteiger partial charge in [0.25, 0.3) is 5.91 Å². The smallest absolute Gasteiger partial charge is 0.275 e. The first kappa shape index (κ1) is 17.8. The highest BCUT2D eigenvalue weighted by molar-refractivity contribution is 5.93. The molecule has 0 radical (unpaired) electrons. The fourth-order valence-corrected chi connectivity index (χ4v) is 2.82. The number of benzene rings is 1. The highest BCUT2D eigenvalue weighted by Gasteiger charge is 2.32. The van der Waals surface area contributed by atoms with Crippen LogP contribution in [0.5, 0.6) is 11.5 Å². The van der Waals surface area contributed by atoms with Crippen LogP contribution in [0.1, 0.15) is 22.8 Å². The maximum absolute atomic E-state index is 12.5. The second-order valence-electron chi connectivity index (χ2n) is 5.94. The van der Waals surface area contributed by atoms with E-state index in [0.29, 0.717) is 31.2 Å². The molecule has 0 saturated carbocycles. The number of likely N-dealkylation sites (tertiary alicyclic amines) is 1. The maximum Gasteiger partial charge on any atom is 0.275 e. The van der Waals surface area contributed by atoms with Gasteiger partial charge in [0.05, 0.1) is 13.0 Å². The van der Waals surface area contributed by atoms with Crippen LogP contribution in [0.4, 0.5) is 0 Å². The van der Waals surface area contributed by atoms with Crippen LogP contribution in [0.3, 0.4) is 0 Å². The summed E-state index contributed by atoms with van der Waals surface area (Å²) in [5.41, 5.74) is 0.218. The van der Waals surface area contributed by atoms with Gasteiger partial charge in [-0.2, -0.15) is 0 Å². The number of hydrogen-bond donors (Lipinski definition) is 1. The molecule has 1 saturated heterocycles. The van der Waals surface area contributed by atoms with Crippen molar-refractivity contribution in [1.82, 2.24) is 15.2 Å². The molecule has 0 spiro atoms. The predicted octanol–water partition coefficient (Wildman–Crippen LogP) is 1.47. The van der Waals surface area contributed by atoms with Gasteiger partial charge in [0, 0.05) is 20.1 Å². The molecule has 8 heteroatoms. The van der Waals surface area contributed by atoms with Crippen molar-refractivity contribution in [3.63, 3.8) is 0 Å². The maximum atomic E-state index is 12.5. The Morgan fingerprint density at radius 3 is 2.73 bits per heavy atom. The number of carbonyl (C=O) groups is 2. The van der Waals surface area contributed by atoms with Gasteiger partial charge in [-0.25, -0.2) is 4.98 Å². The van der Waals surface area contributed by atoms with Gasteiger partial charge in [-0.15, -0.1) is 0 Å². The molecule has 0 bridgehead atoms. The van der Waals surface area contributed by atoms with Gasteiger partial charge in [-0.3, -0.25) is 9.59 Å². The van der Waals surface area contributed by atoms with Crippen LogP contribution in [0.15, 0.2) is 34.9 Å². The van der Waals surface area contributed by atoms with Crippen molar-refractivity contribution in [2.75, 3.05) is 27.2 Å². The lowest BCUT2D eigenvalue weighted by Crippen LogP contribution is -2.33. The summed E-state index contributed by atoms with van der Waals surface area (Å²) < 4.78 is 16.0. The lowest BCUT2D eigenvalue weighted by Gasteiger charge is -2.14. The summed E-state index contributed by atoms with van der Waals surface area (Å²) in [6.07, 6.45) is 1.97. The molecule has 1 aromatic carbocycles. The van der Waals surface area contributed by atoms with Crippen molar-refractivity contribution in [2.24, 2.45) is 5.92 Å². The summed E-state index contributed by atoms with van der Waals surface area (Å²) in [5, 5.41) is 2.61. The molecule has 1 atom stereocenters.